The highest BCUT2D eigenvalue weighted by Gasteiger charge is 2.32. The smallest absolute Gasteiger partial charge is 0.242 e. The standard InChI is InChI=1S/C11H15ClN2O2S2/c1-3-11(2,10(13)17)14-18(15,16)9-7-5-4-6-8(9)12/h4-7,14H,3H2,1-2H3,(H2,13,17). The molecule has 3 N–H and O–H groups in total. The molecule has 0 saturated heterocycles. The van der Waals surface area contributed by atoms with E-state index in [0.29, 0.717) is 6.42 Å². The first-order valence-electron chi connectivity index (χ1n) is 5.31. The van der Waals surface area contributed by atoms with Crippen molar-refractivity contribution >= 4 is 38.8 Å². The van der Waals surface area contributed by atoms with Crippen LogP contribution >= 0.6 is 23.8 Å². The monoisotopic (exact) mass is 306 g/mol. The molecule has 4 nitrogen and oxygen atoms in total. The molecule has 18 heavy (non-hydrogen) atoms. The summed E-state index contributed by atoms with van der Waals surface area (Å²) in [6.45, 7) is 3.44. The number of hydrogen-bond donors (Lipinski definition) is 2. The van der Waals surface area contributed by atoms with E-state index in [9.17, 15) is 8.42 Å². The molecule has 0 aliphatic heterocycles. The Morgan fingerprint density at radius 1 is 1.50 bits per heavy atom. The molecule has 0 aliphatic carbocycles. The third-order valence-corrected chi connectivity index (χ3v) is 5.28. The Labute approximate surface area is 118 Å². The van der Waals surface area contributed by atoms with Gasteiger partial charge in [0.1, 0.15) is 4.90 Å². The molecule has 1 rings (SSSR count). The lowest BCUT2D eigenvalue weighted by molar-refractivity contribution is 0.511. The van der Waals surface area contributed by atoms with Crippen LogP contribution in [0.3, 0.4) is 0 Å². The Bertz CT molecular complexity index is 560. The van der Waals surface area contributed by atoms with Gasteiger partial charge in [0, 0.05) is 0 Å². The van der Waals surface area contributed by atoms with E-state index in [-0.39, 0.29) is 14.9 Å². The van der Waals surface area contributed by atoms with Crippen molar-refractivity contribution < 1.29 is 8.42 Å². The summed E-state index contributed by atoms with van der Waals surface area (Å²) in [7, 11) is -3.76. The van der Waals surface area contributed by atoms with Crippen LogP contribution in [0.25, 0.3) is 0 Å². The summed E-state index contributed by atoms with van der Waals surface area (Å²) in [6.07, 6.45) is 0.450. The summed E-state index contributed by atoms with van der Waals surface area (Å²) in [5, 5.41) is 0.159. The molecule has 1 aromatic rings. The number of hydrogen-bond acceptors (Lipinski definition) is 3. The van der Waals surface area contributed by atoms with Crippen LogP contribution in [-0.4, -0.2) is 18.9 Å². The highest BCUT2D eigenvalue weighted by atomic mass is 35.5. The Hall–Kier alpha value is -0.690. The van der Waals surface area contributed by atoms with Crippen molar-refractivity contribution in [2.24, 2.45) is 5.73 Å². The Morgan fingerprint density at radius 2 is 2.06 bits per heavy atom. The quantitative estimate of drug-likeness (QED) is 0.817. The number of nitrogens with two attached hydrogens (primary N) is 1. The van der Waals surface area contributed by atoms with E-state index in [1.165, 1.54) is 12.1 Å². The van der Waals surface area contributed by atoms with Crippen molar-refractivity contribution in [1.82, 2.24) is 4.72 Å². The third kappa shape index (κ3) is 3.20. The Kier molecular flexibility index (Phi) is 4.72. The molecule has 0 spiro atoms. The van der Waals surface area contributed by atoms with Crippen LogP contribution in [0.5, 0.6) is 0 Å². The van der Waals surface area contributed by atoms with Crippen LogP contribution in [0, 0.1) is 0 Å². The van der Waals surface area contributed by atoms with E-state index in [2.05, 4.69) is 4.72 Å². The maximum Gasteiger partial charge on any atom is 0.242 e. The molecule has 0 fully saturated rings. The van der Waals surface area contributed by atoms with Crippen LogP contribution < -0.4 is 10.5 Å². The van der Waals surface area contributed by atoms with Gasteiger partial charge in [-0.05, 0) is 25.5 Å². The molecule has 7 heteroatoms. The topological polar surface area (TPSA) is 72.2 Å². The SMILES string of the molecule is CCC(C)(NS(=O)(=O)c1ccccc1Cl)C(N)=S. The molecule has 0 heterocycles. The molecule has 1 aromatic carbocycles. The molecule has 1 unspecified atom stereocenters. The van der Waals surface area contributed by atoms with Crippen molar-refractivity contribution in [3.05, 3.63) is 29.3 Å². The fraction of sp³-hybridized carbons (Fsp3) is 0.364. The fourth-order valence-electron chi connectivity index (χ4n) is 1.31. The molecule has 0 radical (unpaired) electrons. The van der Waals surface area contributed by atoms with Crippen molar-refractivity contribution in [2.45, 2.75) is 30.7 Å². The van der Waals surface area contributed by atoms with Crippen molar-refractivity contribution in [1.29, 1.82) is 0 Å². The van der Waals surface area contributed by atoms with Crippen LogP contribution in [0.1, 0.15) is 20.3 Å². The number of halogens is 1. The molecule has 0 bridgehead atoms. The van der Waals surface area contributed by atoms with Crippen LogP contribution in [-0.2, 0) is 10.0 Å². The highest BCUT2D eigenvalue weighted by molar-refractivity contribution is 7.89. The normalized spacial score (nSPS) is 15.1. The van der Waals surface area contributed by atoms with Crippen molar-refractivity contribution in [2.75, 3.05) is 0 Å². The zero-order valence-electron chi connectivity index (χ0n) is 10.1. The fourth-order valence-corrected chi connectivity index (χ4v) is 3.55. The summed E-state index contributed by atoms with van der Waals surface area (Å²) in [6, 6.07) is 6.21. The second kappa shape index (κ2) is 5.52. The maximum absolute atomic E-state index is 12.2. The maximum atomic E-state index is 12.2. The first kappa shape index (κ1) is 15.4. The summed E-state index contributed by atoms with van der Waals surface area (Å²) >= 11 is 10.8. The van der Waals surface area contributed by atoms with Gasteiger partial charge in [0.15, 0.2) is 0 Å². The number of thiocarbonyl (C=S) groups is 1. The average molecular weight is 307 g/mol. The van der Waals surface area contributed by atoms with Gasteiger partial charge < -0.3 is 5.73 Å². The van der Waals surface area contributed by atoms with Crippen LogP contribution in [0.4, 0.5) is 0 Å². The van der Waals surface area contributed by atoms with Gasteiger partial charge in [0.25, 0.3) is 0 Å². The number of rotatable bonds is 5. The zero-order chi connectivity index (χ0) is 14.0. The summed E-state index contributed by atoms with van der Waals surface area (Å²) < 4.78 is 26.9. The van der Waals surface area contributed by atoms with Crippen LogP contribution in [0.15, 0.2) is 29.2 Å². The minimum Gasteiger partial charge on any atom is -0.392 e. The molecular weight excluding hydrogens is 292 g/mol. The summed E-state index contributed by atoms with van der Waals surface area (Å²) in [5.74, 6) is 0. The molecule has 0 aliphatic rings. The predicted octanol–water partition coefficient (Wildman–Crippen LogP) is 2.07. The molecule has 100 valence electrons. The first-order valence-corrected chi connectivity index (χ1v) is 7.58. The van der Waals surface area contributed by atoms with E-state index < -0.39 is 15.6 Å². The average Bonchev–Trinajstić information content (AvgIpc) is 2.28. The molecular formula is C11H15ClN2O2S2. The van der Waals surface area contributed by atoms with Crippen LogP contribution in [0.2, 0.25) is 5.02 Å². The van der Waals surface area contributed by atoms with Gasteiger partial charge in [-0.3, -0.25) is 0 Å². The van der Waals surface area contributed by atoms with Gasteiger partial charge >= 0.3 is 0 Å². The van der Waals surface area contributed by atoms with Gasteiger partial charge in [-0.1, -0.05) is 42.9 Å². The molecule has 0 amide bonds. The Balaban J connectivity index is 3.18. The molecule has 0 saturated carbocycles. The van der Waals surface area contributed by atoms with Crippen molar-refractivity contribution in [3.8, 4) is 0 Å². The summed E-state index contributed by atoms with van der Waals surface area (Å²) in [5.41, 5.74) is 4.61. The third-order valence-electron chi connectivity index (χ3n) is 2.74. The van der Waals surface area contributed by atoms with Gasteiger partial charge in [0.2, 0.25) is 10.0 Å². The van der Waals surface area contributed by atoms with E-state index in [1.807, 2.05) is 0 Å². The lowest BCUT2D eigenvalue weighted by Crippen LogP contribution is -2.53. The zero-order valence-corrected chi connectivity index (χ0v) is 12.5. The minimum atomic E-state index is -3.76. The van der Waals surface area contributed by atoms with Gasteiger partial charge in [-0.2, -0.15) is 4.72 Å². The molecule has 1 atom stereocenters. The van der Waals surface area contributed by atoms with Gasteiger partial charge in [-0.25, -0.2) is 8.42 Å². The summed E-state index contributed by atoms with van der Waals surface area (Å²) in [4.78, 5) is 0.114. The van der Waals surface area contributed by atoms with Gasteiger partial charge in [0.05, 0.1) is 15.6 Å². The lowest BCUT2D eigenvalue weighted by atomic mass is 10.0. The largest absolute Gasteiger partial charge is 0.392 e. The number of sulfonamides is 1. The van der Waals surface area contributed by atoms with E-state index >= 15 is 0 Å². The Morgan fingerprint density at radius 3 is 2.50 bits per heavy atom. The number of benzene rings is 1. The minimum absolute atomic E-state index is 0.0163. The lowest BCUT2D eigenvalue weighted by Gasteiger charge is -2.28. The second-order valence-electron chi connectivity index (χ2n) is 4.09. The van der Waals surface area contributed by atoms with Gasteiger partial charge in [-0.15, -0.1) is 0 Å². The second-order valence-corrected chi connectivity index (χ2v) is 6.58. The number of nitrogens with one attached hydrogen (secondary N) is 1. The van der Waals surface area contributed by atoms with E-state index in [0.717, 1.165) is 0 Å². The van der Waals surface area contributed by atoms with Crippen molar-refractivity contribution in [3.63, 3.8) is 0 Å². The van der Waals surface area contributed by atoms with E-state index in [4.69, 9.17) is 29.6 Å². The first-order chi connectivity index (χ1) is 8.23. The predicted molar refractivity (Wildman–Crippen MR) is 77.3 cm³/mol. The molecule has 0 aromatic heterocycles. The highest BCUT2D eigenvalue weighted by Crippen LogP contribution is 2.23. The van der Waals surface area contributed by atoms with E-state index in [1.54, 1.807) is 26.0 Å².